The van der Waals surface area contributed by atoms with Gasteiger partial charge in [-0.15, -0.1) is 0 Å². The lowest BCUT2D eigenvalue weighted by Gasteiger charge is -1.76. The third-order valence-corrected chi connectivity index (χ3v) is 1.15. The van der Waals surface area contributed by atoms with Gasteiger partial charge in [-0.1, -0.05) is 36.4 Å². The summed E-state index contributed by atoms with van der Waals surface area (Å²) < 4.78 is 4.65. The molecule has 0 N–H and O–H groups in total. The van der Waals surface area contributed by atoms with Crippen LogP contribution in [0.1, 0.15) is 0 Å². The molecule has 0 atom stereocenters. The van der Waals surface area contributed by atoms with Gasteiger partial charge in [-0.2, -0.15) is 0 Å². The Balaban J connectivity index is 0.000000112. The zero-order valence-electron chi connectivity index (χ0n) is 6.31. The average molecular weight is 149 g/mol. The van der Waals surface area contributed by atoms with Crippen molar-refractivity contribution < 1.29 is 4.74 Å². The van der Waals surface area contributed by atoms with Crippen LogP contribution < -0.4 is 0 Å². The van der Waals surface area contributed by atoms with Crippen molar-refractivity contribution in [3.05, 3.63) is 36.4 Å². The first-order chi connectivity index (χ1) is 5.50. The molecule has 2 rings (SSSR count). The first-order valence-corrected chi connectivity index (χ1v) is 3.60. The fraction of sp³-hybridized carbons (Fsp3) is 0.222. The Labute approximate surface area is 66.5 Å². The third-order valence-electron chi connectivity index (χ3n) is 1.15. The van der Waals surface area contributed by atoms with Crippen molar-refractivity contribution in [1.82, 2.24) is 0 Å². The van der Waals surface area contributed by atoms with Crippen molar-refractivity contribution in [3.63, 3.8) is 0 Å². The molecule has 0 radical (unpaired) electrons. The Morgan fingerprint density at radius 3 is 1.64 bits per heavy atom. The van der Waals surface area contributed by atoms with E-state index in [1.807, 2.05) is 36.4 Å². The minimum absolute atomic E-state index is 0.778. The minimum atomic E-state index is 0.778. The maximum absolute atomic E-state index is 4.65. The van der Waals surface area contributed by atoms with Crippen LogP contribution in [0.2, 0.25) is 0 Å². The summed E-state index contributed by atoms with van der Waals surface area (Å²) in [5.41, 5.74) is 0. The molecule has 11 heavy (non-hydrogen) atoms. The van der Waals surface area contributed by atoms with Crippen LogP contribution in [0.15, 0.2) is 41.4 Å². The van der Waals surface area contributed by atoms with Crippen LogP contribution >= 0.6 is 0 Å². The quantitative estimate of drug-likeness (QED) is 0.550. The number of ether oxygens (including phenoxy) is 1. The summed E-state index contributed by atoms with van der Waals surface area (Å²) >= 11 is 0. The summed E-state index contributed by atoms with van der Waals surface area (Å²) in [5, 5.41) is 0. The zero-order chi connectivity index (χ0) is 7.78. The van der Waals surface area contributed by atoms with Crippen molar-refractivity contribution >= 4 is 6.40 Å². The van der Waals surface area contributed by atoms with Gasteiger partial charge < -0.3 is 4.74 Å². The highest BCUT2D eigenvalue weighted by Gasteiger charge is 1.84. The van der Waals surface area contributed by atoms with Crippen LogP contribution in [0.5, 0.6) is 0 Å². The van der Waals surface area contributed by atoms with Crippen molar-refractivity contribution in [1.29, 1.82) is 0 Å². The second-order valence-corrected chi connectivity index (χ2v) is 2.04. The standard InChI is InChI=1S/C6H6.C3H5NO/c1-2-4-6-5-3-1;1-2-5-3-4-1/h1-6H;3H,1-2H2. The van der Waals surface area contributed by atoms with Gasteiger partial charge in [-0.25, -0.2) is 0 Å². The Kier molecular flexibility index (Phi) is 3.88. The molecule has 1 aliphatic heterocycles. The van der Waals surface area contributed by atoms with Gasteiger partial charge in [-0.3, -0.25) is 4.99 Å². The highest BCUT2D eigenvalue weighted by Crippen LogP contribution is 1.80. The molecule has 1 aromatic rings. The predicted octanol–water partition coefficient (Wildman–Crippen LogP) is 1.73. The van der Waals surface area contributed by atoms with Gasteiger partial charge in [0.15, 0.2) is 6.40 Å². The molecule has 0 spiro atoms. The normalized spacial score (nSPS) is 13.1. The molecule has 58 valence electrons. The summed E-state index contributed by atoms with van der Waals surface area (Å²) in [5.74, 6) is 0. The van der Waals surface area contributed by atoms with Gasteiger partial charge in [0, 0.05) is 0 Å². The molecular weight excluding hydrogens is 138 g/mol. The lowest BCUT2D eigenvalue weighted by Crippen LogP contribution is -1.80. The summed E-state index contributed by atoms with van der Waals surface area (Å²) in [4.78, 5) is 3.74. The zero-order valence-corrected chi connectivity index (χ0v) is 6.31. The van der Waals surface area contributed by atoms with E-state index in [4.69, 9.17) is 0 Å². The average Bonchev–Trinajstić information content (AvgIpc) is 2.64. The molecule has 1 aliphatic rings. The summed E-state index contributed by atoms with van der Waals surface area (Å²) in [6.07, 6.45) is 1.49. The summed E-state index contributed by atoms with van der Waals surface area (Å²) in [7, 11) is 0. The lowest BCUT2D eigenvalue weighted by molar-refractivity contribution is 0.361. The molecule has 0 aromatic heterocycles. The van der Waals surface area contributed by atoms with E-state index in [0.717, 1.165) is 13.2 Å². The van der Waals surface area contributed by atoms with E-state index in [1.54, 1.807) is 0 Å². The molecule has 0 saturated heterocycles. The maximum atomic E-state index is 4.65. The van der Waals surface area contributed by atoms with Crippen molar-refractivity contribution in [2.24, 2.45) is 4.99 Å². The molecule has 0 aliphatic carbocycles. The van der Waals surface area contributed by atoms with Crippen LogP contribution in [0.25, 0.3) is 0 Å². The smallest absolute Gasteiger partial charge is 0.169 e. The SMILES string of the molecule is C1=NCCO1.c1ccccc1. The molecule has 0 unspecified atom stereocenters. The second kappa shape index (κ2) is 5.47. The number of hydrogen-bond acceptors (Lipinski definition) is 2. The van der Waals surface area contributed by atoms with Gasteiger partial charge in [-0.05, 0) is 0 Å². The Morgan fingerprint density at radius 2 is 1.45 bits per heavy atom. The van der Waals surface area contributed by atoms with Crippen molar-refractivity contribution in [2.45, 2.75) is 0 Å². The largest absolute Gasteiger partial charge is 0.482 e. The molecule has 1 heterocycles. The lowest BCUT2D eigenvalue weighted by atomic mass is 10.4. The fourth-order valence-electron chi connectivity index (χ4n) is 0.648. The topological polar surface area (TPSA) is 21.6 Å². The molecular formula is C9H11NO. The Bertz CT molecular complexity index is 163. The first kappa shape index (κ1) is 7.79. The van der Waals surface area contributed by atoms with Gasteiger partial charge in [0.05, 0.1) is 6.54 Å². The van der Waals surface area contributed by atoms with Crippen LogP contribution in [0, 0.1) is 0 Å². The van der Waals surface area contributed by atoms with E-state index in [-0.39, 0.29) is 0 Å². The van der Waals surface area contributed by atoms with Gasteiger partial charge in [0.2, 0.25) is 0 Å². The highest BCUT2D eigenvalue weighted by atomic mass is 16.5. The Morgan fingerprint density at radius 1 is 0.909 bits per heavy atom. The molecule has 2 heteroatoms. The second-order valence-electron chi connectivity index (χ2n) is 2.04. The van der Waals surface area contributed by atoms with E-state index in [9.17, 15) is 0 Å². The van der Waals surface area contributed by atoms with Crippen LogP contribution in [0.4, 0.5) is 0 Å². The summed E-state index contributed by atoms with van der Waals surface area (Å²) in [6, 6.07) is 12.0. The highest BCUT2D eigenvalue weighted by molar-refractivity contribution is 5.47. The third kappa shape index (κ3) is 4.14. The molecule has 0 saturated carbocycles. The molecule has 0 fully saturated rings. The number of rotatable bonds is 0. The van der Waals surface area contributed by atoms with E-state index < -0.39 is 0 Å². The van der Waals surface area contributed by atoms with Crippen LogP contribution in [0.3, 0.4) is 0 Å². The predicted molar refractivity (Wildman–Crippen MR) is 45.8 cm³/mol. The number of hydrogen-bond donors (Lipinski definition) is 0. The minimum Gasteiger partial charge on any atom is -0.482 e. The number of benzene rings is 1. The number of nitrogens with zero attached hydrogens (tertiary/aromatic N) is 1. The van der Waals surface area contributed by atoms with Crippen LogP contribution in [-0.2, 0) is 4.74 Å². The van der Waals surface area contributed by atoms with Gasteiger partial charge >= 0.3 is 0 Å². The van der Waals surface area contributed by atoms with Crippen LogP contribution in [-0.4, -0.2) is 19.6 Å². The van der Waals surface area contributed by atoms with E-state index in [0.29, 0.717) is 0 Å². The number of aliphatic imine (C=N–C) groups is 1. The molecule has 0 amide bonds. The monoisotopic (exact) mass is 149 g/mol. The first-order valence-electron chi connectivity index (χ1n) is 3.60. The van der Waals surface area contributed by atoms with Crippen molar-refractivity contribution in [2.75, 3.05) is 13.2 Å². The summed E-state index contributed by atoms with van der Waals surface area (Å²) in [6.45, 7) is 1.62. The van der Waals surface area contributed by atoms with E-state index in [1.165, 1.54) is 6.40 Å². The Hall–Kier alpha value is -1.31. The molecule has 2 nitrogen and oxygen atoms in total. The van der Waals surface area contributed by atoms with Gasteiger partial charge in [0.1, 0.15) is 6.61 Å². The van der Waals surface area contributed by atoms with E-state index >= 15 is 0 Å². The van der Waals surface area contributed by atoms with Crippen molar-refractivity contribution in [3.8, 4) is 0 Å². The molecule has 1 aromatic carbocycles. The fourth-order valence-corrected chi connectivity index (χ4v) is 0.648. The van der Waals surface area contributed by atoms with Gasteiger partial charge in [0.25, 0.3) is 0 Å². The maximum Gasteiger partial charge on any atom is 0.169 e. The van der Waals surface area contributed by atoms with E-state index in [2.05, 4.69) is 9.73 Å². The molecule has 0 bridgehead atoms.